The van der Waals surface area contributed by atoms with Crippen molar-refractivity contribution >= 4 is 5.97 Å². The topological polar surface area (TPSA) is 29.5 Å². The molecule has 1 heterocycles. The number of ether oxygens (including phenoxy) is 1. The number of hydrogen-bond donors (Lipinski definition) is 0. The van der Waals surface area contributed by atoms with Crippen LogP contribution in [0.3, 0.4) is 0 Å². The molecule has 0 bridgehead atoms. The molecule has 1 aliphatic heterocycles. The maximum atomic E-state index is 13.3. The highest BCUT2D eigenvalue weighted by molar-refractivity contribution is 5.74. The fourth-order valence-electron chi connectivity index (χ4n) is 4.95. The maximum Gasteiger partial charge on any atom is 0.311 e. The van der Waals surface area contributed by atoms with Crippen LogP contribution in [-0.4, -0.2) is 37.1 Å². The van der Waals surface area contributed by atoms with Crippen LogP contribution in [-0.2, 0) is 9.53 Å². The Hall–Kier alpha value is -1.42. The second kappa shape index (κ2) is 8.72. The van der Waals surface area contributed by atoms with Crippen LogP contribution in [0.25, 0.3) is 0 Å². The van der Waals surface area contributed by atoms with Gasteiger partial charge in [-0.3, -0.25) is 4.79 Å². The number of nitrogens with zero attached hydrogens (tertiary/aromatic N) is 1. The van der Waals surface area contributed by atoms with Crippen LogP contribution in [0.4, 0.5) is 4.39 Å². The van der Waals surface area contributed by atoms with Crippen LogP contribution in [0.15, 0.2) is 24.3 Å². The Morgan fingerprint density at radius 3 is 2.56 bits per heavy atom. The highest BCUT2D eigenvalue weighted by Gasteiger charge is 2.39. The lowest BCUT2D eigenvalue weighted by molar-refractivity contribution is -0.163. The number of piperidine rings is 1. The third-order valence-corrected chi connectivity index (χ3v) is 6.65. The first-order chi connectivity index (χ1) is 12.8. The average molecular weight is 376 g/mol. The second-order valence-electron chi connectivity index (χ2n) is 9.12. The van der Waals surface area contributed by atoms with E-state index in [4.69, 9.17) is 4.74 Å². The summed E-state index contributed by atoms with van der Waals surface area (Å²) in [5.41, 5.74) is 1.05. The molecule has 0 N–H and O–H groups in total. The molecule has 4 heteroatoms. The SMILES string of the molecule is CC(C)[C@@H]1CC[C@@H](C)C[C@H]1OC(=O)[C@@H]1CN(C)CC[C@H]1c1ccc(F)cc1. The van der Waals surface area contributed by atoms with Crippen LogP contribution < -0.4 is 0 Å². The van der Waals surface area contributed by atoms with Crippen LogP contribution in [0.2, 0.25) is 0 Å². The molecule has 27 heavy (non-hydrogen) atoms. The molecule has 1 aromatic carbocycles. The minimum absolute atomic E-state index is 0.0300. The van der Waals surface area contributed by atoms with Crippen molar-refractivity contribution < 1.29 is 13.9 Å². The van der Waals surface area contributed by atoms with Gasteiger partial charge in [-0.15, -0.1) is 0 Å². The molecule has 5 atom stereocenters. The van der Waals surface area contributed by atoms with Gasteiger partial charge in [-0.25, -0.2) is 4.39 Å². The summed E-state index contributed by atoms with van der Waals surface area (Å²) < 4.78 is 19.5. The number of likely N-dealkylation sites (tertiary alicyclic amines) is 1. The van der Waals surface area contributed by atoms with Crippen molar-refractivity contribution in [2.75, 3.05) is 20.1 Å². The molecular weight excluding hydrogens is 341 g/mol. The first kappa shape index (κ1) is 20.3. The Morgan fingerprint density at radius 1 is 1.19 bits per heavy atom. The van der Waals surface area contributed by atoms with Crippen molar-refractivity contribution in [1.82, 2.24) is 4.90 Å². The van der Waals surface area contributed by atoms with Crippen LogP contribution in [0, 0.1) is 29.5 Å². The van der Waals surface area contributed by atoms with Gasteiger partial charge in [0.15, 0.2) is 0 Å². The van der Waals surface area contributed by atoms with Gasteiger partial charge in [0, 0.05) is 6.54 Å². The predicted molar refractivity (Wildman–Crippen MR) is 106 cm³/mol. The van der Waals surface area contributed by atoms with E-state index in [1.807, 2.05) is 12.1 Å². The Labute approximate surface area is 163 Å². The normalized spacial score (nSPS) is 32.4. The summed E-state index contributed by atoms with van der Waals surface area (Å²) in [7, 11) is 2.06. The minimum Gasteiger partial charge on any atom is -0.462 e. The molecule has 1 saturated carbocycles. The van der Waals surface area contributed by atoms with E-state index in [0.717, 1.165) is 31.4 Å². The largest absolute Gasteiger partial charge is 0.462 e. The molecule has 150 valence electrons. The van der Waals surface area contributed by atoms with Gasteiger partial charge < -0.3 is 9.64 Å². The van der Waals surface area contributed by atoms with E-state index in [9.17, 15) is 9.18 Å². The van der Waals surface area contributed by atoms with E-state index in [2.05, 4.69) is 32.7 Å². The zero-order chi connectivity index (χ0) is 19.6. The second-order valence-corrected chi connectivity index (χ2v) is 9.12. The molecule has 0 amide bonds. The molecule has 0 radical (unpaired) electrons. The summed E-state index contributed by atoms with van der Waals surface area (Å²) >= 11 is 0. The Kier molecular flexibility index (Phi) is 6.56. The first-order valence-corrected chi connectivity index (χ1v) is 10.5. The van der Waals surface area contributed by atoms with Crippen molar-refractivity contribution in [3.8, 4) is 0 Å². The molecule has 2 fully saturated rings. The fraction of sp³-hybridized carbons (Fsp3) is 0.696. The van der Waals surface area contributed by atoms with E-state index in [1.54, 1.807) is 0 Å². The molecule has 0 spiro atoms. The third kappa shape index (κ3) is 4.90. The van der Waals surface area contributed by atoms with Gasteiger partial charge in [-0.2, -0.15) is 0 Å². The molecule has 1 saturated heterocycles. The van der Waals surface area contributed by atoms with Gasteiger partial charge in [-0.1, -0.05) is 39.3 Å². The van der Waals surface area contributed by atoms with E-state index >= 15 is 0 Å². The van der Waals surface area contributed by atoms with E-state index in [-0.39, 0.29) is 29.7 Å². The number of esters is 1. The molecule has 2 aliphatic rings. The summed E-state index contributed by atoms with van der Waals surface area (Å²) in [6.07, 6.45) is 4.27. The van der Waals surface area contributed by atoms with Gasteiger partial charge in [-0.05, 0) is 74.2 Å². The molecule has 1 aliphatic carbocycles. The monoisotopic (exact) mass is 375 g/mol. The lowest BCUT2D eigenvalue weighted by atomic mass is 9.75. The summed E-state index contributed by atoms with van der Waals surface area (Å²) in [6, 6.07) is 6.64. The lowest BCUT2D eigenvalue weighted by Gasteiger charge is -2.40. The molecule has 0 unspecified atom stereocenters. The molecular formula is C23H34FNO2. The number of hydrogen-bond acceptors (Lipinski definition) is 3. The standard InChI is InChI=1S/C23H34FNO2/c1-15(2)19-10-5-16(3)13-22(19)27-23(26)21-14-25(4)12-11-20(21)17-6-8-18(24)9-7-17/h6-9,15-16,19-22H,5,10-14H2,1-4H3/t16-,19+,20+,21-,22-/m1/s1. The number of rotatable bonds is 4. The van der Waals surface area contributed by atoms with Gasteiger partial charge in [0.2, 0.25) is 0 Å². The van der Waals surface area contributed by atoms with Gasteiger partial charge in [0.25, 0.3) is 0 Å². The Bertz CT molecular complexity index is 630. The van der Waals surface area contributed by atoms with Crippen molar-refractivity contribution in [2.45, 2.75) is 58.5 Å². The number of benzene rings is 1. The number of carbonyl (C=O) groups is 1. The highest BCUT2D eigenvalue weighted by Crippen LogP contribution is 2.38. The van der Waals surface area contributed by atoms with E-state index in [1.165, 1.54) is 18.6 Å². The summed E-state index contributed by atoms with van der Waals surface area (Å²) in [6.45, 7) is 8.37. The average Bonchev–Trinajstić information content (AvgIpc) is 2.62. The highest BCUT2D eigenvalue weighted by atomic mass is 19.1. The van der Waals surface area contributed by atoms with E-state index in [0.29, 0.717) is 24.3 Å². The van der Waals surface area contributed by atoms with Crippen molar-refractivity contribution in [1.29, 1.82) is 0 Å². The summed E-state index contributed by atoms with van der Waals surface area (Å²) in [4.78, 5) is 15.4. The number of carbonyl (C=O) groups excluding carboxylic acids is 1. The fourth-order valence-corrected chi connectivity index (χ4v) is 4.95. The van der Waals surface area contributed by atoms with Gasteiger partial charge >= 0.3 is 5.97 Å². The van der Waals surface area contributed by atoms with Gasteiger partial charge in [0.1, 0.15) is 11.9 Å². The Morgan fingerprint density at radius 2 is 1.89 bits per heavy atom. The van der Waals surface area contributed by atoms with Crippen molar-refractivity contribution in [3.63, 3.8) is 0 Å². The minimum atomic E-state index is -0.234. The zero-order valence-corrected chi connectivity index (χ0v) is 17.2. The van der Waals surface area contributed by atoms with Crippen LogP contribution in [0.5, 0.6) is 0 Å². The van der Waals surface area contributed by atoms with Crippen LogP contribution in [0.1, 0.15) is 57.9 Å². The maximum absolute atomic E-state index is 13.3. The number of halogens is 1. The zero-order valence-electron chi connectivity index (χ0n) is 17.2. The quantitative estimate of drug-likeness (QED) is 0.704. The smallest absolute Gasteiger partial charge is 0.311 e. The molecule has 1 aromatic rings. The molecule has 3 rings (SSSR count). The Balaban J connectivity index is 1.75. The van der Waals surface area contributed by atoms with Crippen molar-refractivity contribution in [2.24, 2.45) is 23.7 Å². The van der Waals surface area contributed by atoms with E-state index < -0.39 is 0 Å². The van der Waals surface area contributed by atoms with Crippen LogP contribution >= 0.6 is 0 Å². The predicted octanol–water partition coefficient (Wildman–Crippen LogP) is 4.87. The van der Waals surface area contributed by atoms with Gasteiger partial charge in [0.05, 0.1) is 5.92 Å². The molecule has 3 nitrogen and oxygen atoms in total. The lowest BCUT2D eigenvalue weighted by Crippen LogP contribution is -2.44. The third-order valence-electron chi connectivity index (χ3n) is 6.65. The summed E-state index contributed by atoms with van der Waals surface area (Å²) in [5, 5.41) is 0. The van der Waals surface area contributed by atoms with Crippen molar-refractivity contribution in [3.05, 3.63) is 35.6 Å². The summed E-state index contributed by atoms with van der Waals surface area (Å²) in [5.74, 6) is 1.21. The molecule has 0 aromatic heterocycles. The first-order valence-electron chi connectivity index (χ1n) is 10.5.